The number of aromatic amines is 1. The molecule has 0 fully saturated rings. The number of ether oxygens (including phenoxy) is 1. The molecular weight excluding hydrogens is 270 g/mol. The molecule has 21 heavy (non-hydrogen) atoms. The second-order valence-electron chi connectivity index (χ2n) is 4.78. The Labute approximate surface area is 122 Å². The monoisotopic (exact) mass is 289 g/mol. The number of H-pyrrole nitrogens is 1. The maximum Gasteiger partial charge on any atom is 0.331 e. The van der Waals surface area contributed by atoms with Crippen molar-refractivity contribution in [1.29, 1.82) is 5.41 Å². The summed E-state index contributed by atoms with van der Waals surface area (Å²) in [5.41, 5.74) is 12.9. The van der Waals surface area contributed by atoms with Gasteiger partial charge in [0, 0.05) is 24.1 Å². The molecule has 6 N–H and O–H groups in total. The van der Waals surface area contributed by atoms with Crippen molar-refractivity contribution in [1.82, 2.24) is 9.88 Å². The Balaban J connectivity index is 2.13. The van der Waals surface area contributed by atoms with Crippen LogP contribution in [0.1, 0.15) is 5.56 Å². The van der Waals surface area contributed by atoms with E-state index in [2.05, 4.69) is 4.98 Å². The van der Waals surface area contributed by atoms with Gasteiger partial charge >= 0.3 is 5.97 Å². The van der Waals surface area contributed by atoms with Crippen LogP contribution in [-0.4, -0.2) is 41.9 Å². The predicted octanol–water partition coefficient (Wildman–Crippen LogP) is 0.400. The van der Waals surface area contributed by atoms with Crippen molar-refractivity contribution in [2.75, 3.05) is 20.1 Å². The largest absolute Gasteiger partial charge is 0.425 e. The van der Waals surface area contributed by atoms with Gasteiger partial charge in [0.1, 0.15) is 12.3 Å². The van der Waals surface area contributed by atoms with E-state index in [1.54, 1.807) is 13.1 Å². The first-order valence-corrected chi connectivity index (χ1v) is 6.57. The first kappa shape index (κ1) is 14.9. The van der Waals surface area contributed by atoms with E-state index in [4.69, 9.17) is 21.6 Å². The van der Waals surface area contributed by atoms with Crippen molar-refractivity contribution in [3.05, 3.63) is 30.0 Å². The Hall–Kier alpha value is -2.54. The molecule has 0 amide bonds. The summed E-state index contributed by atoms with van der Waals surface area (Å²) < 4.78 is 5.27. The van der Waals surface area contributed by atoms with Gasteiger partial charge in [-0.1, -0.05) is 0 Å². The number of hydrogen-bond donors (Lipinski definition) is 4. The molecule has 7 nitrogen and oxygen atoms in total. The fourth-order valence-electron chi connectivity index (χ4n) is 2.03. The lowest BCUT2D eigenvalue weighted by Gasteiger charge is -2.15. The summed E-state index contributed by atoms with van der Waals surface area (Å²) in [6, 6.07) is 5.38. The number of rotatable bonds is 5. The summed E-state index contributed by atoms with van der Waals surface area (Å²) in [5.74, 6) is -0.191. The van der Waals surface area contributed by atoms with Gasteiger partial charge in [-0.2, -0.15) is 0 Å². The van der Waals surface area contributed by atoms with Gasteiger partial charge in [-0.05, 0) is 36.7 Å². The number of nitrogens with two attached hydrogens (primary N) is 2. The lowest BCUT2D eigenvalue weighted by atomic mass is 10.1. The SMILES string of the molecule is CN(CC(=O)Oc1ccc2[nH]cc(CCN)c2c1)C(=N)N. The van der Waals surface area contributed by atoms with E-state index in [-0.39, 0.29) is 12.5 Å². The van der Waals surface area contributed by atoms with Gasteiger partial charge < -0.3 is 26.1 Å². The molecule has 0 aliphatic rings. The molecule has 112 valence electrons. The molecule has 0 bridgehead atoms. The smallest absolute Gasteiger partial charge is 0.331 e. The second kappa shape index (κ2) is 6.27. The van der Waals surface area contributed by atoms with Crippen molar-refractivity contribution >= 4 is 22.8 Å². The average Bonchev–Trinajstić information content (AvgIpc) is 2.82. The van der Waals surface area contributed by atoms with Crippen molar-refractivity contribution in [3.63, 3.8) is 0 Å². The molecule has 1 aromatic carbocycles. The number of carbonyl (C=O) groups excluding carboxylic acids is 1. The summed E-state index contributed by atoms with van der Waals surface area (Å²) in [7, 11) is 1.55. The minimum absolute atomic E-state index is 0.0732. The molecule has 0 saturated carbocycles. The minimum atomic E-state index is -0.469. The third-order valence-corrected chi connectivity index (χ3v) is 3.16. The van der Waals surface area contributed by atoms with Crippen LogP contribution in [0.25, 0.3) is 10.9 Å². The van der Waals surface area contributed by atoms with Crippen LogP contribution in [0.5, 0.6) is 5.75 Å². The zero-order chi connectivity index (χ0) is 15.4. The highest BCUT2D eigenvalue weighted by Crippen LogP contribution is 2.24. The van der Waals surface area contributed by atoms with Crippen LogP contribution < -0.4 is 16.2 Å². The number of guanidine groups is 1. The molecule has 0 unspecified atom stereocenters. The summed E-state index contributed by atoms with van der Waals surface area (Å²) >= 11 is 0. The van der Waals surface area contributed by atoms with Gasteiger partial charge in [0.25, 0.3) is 0 Å². The normalized spacial score (nSPS) is 10.6. The van der Waals surface area contributed by atoms with E-state index >= 15 is 0 Å². The number of hydrogen-bond acceptors (Lipinski definition) is 4. The molecule has 1 heterocycles. The van der Waals surface area contributed by atoms with Gasteiger partial charge in [0.05, 0.1) is 0 Å². The van der Waals surface area contributed by atoms with Gasteiger partial charge in [0.15, 0.2) is 5.96 Å². The third kappa shape index (κ3) is 3.51. The lowest BCUT2D eigenvalue weighted by Crippen LogP contribution is -2.38. The molecule has 0 atom stereocenters. The second-order valence-corrected chi connectivity index (χ2v) is 4.78. The molecule has 0 radical (unpaired) electrons. The highest BCUT2D eigenvalue weighted by Gasteiger charge is 2.11. The predicted molar refractivity (Wildman–Crippen MR) is 81.2 cm³/mol. The zero-order valence-electron chi connectivity index (χ0n) is 11.8. The number of fused-ring (bicyclic) bond motifs is 1. The van der Waals surface area contributed by atoms with E-state index in [1.165, 1.54) is 4.90 Å². The Bertz CT molecular complexity index is 664. The summed E-state index contributed by atoms with van der Waals surface area (Å²) in [4.78, 5) is 16.2. The fraction of sp³-hybridized carbons (Fsp3) is 0.286. The van der Waals surface area contributed by atoms with Gasteiger partial charge in [-0.25, -0.2) is 4.79 Å². The molecule has 0 aliphatic carbocycles. The molecule has 0 aliphatic heterocycles. The maximum atomic E-state index is 11.8. The first-order chi connectivity index (χ1) is 10.0. The Morgan fingerprint density at radius 1 is 1.48 bits per heavy atom. The molecule has 2 aromatic rings. The van der Waals surface area contributed by atoms with Crippen LogP contribution in [0.4, 0.5) is 0 Å². The number of aromatic nitrogens is 1. The number of benzene rings is 1. The van der Waals surface area contributed by atoms with E-state index in [0.29, 0.717) is 12.3 Å². The third-order valence-electron chi connectivity index (χ3n) is 3.16. The quantitative estimate of drug-likeness (QED) is 0.275. The van der Waals surface area contributed by atoms with Crippen LogP contribution in [0.2, 0.25) is 0 Å². The Kier molecular flexibility index (Phi) is 4.44. The van der Waals surface area contributed by atoms with E-state index in [1.807, 2.05) is 18.3 Å². The van der Waals surface area contributed by atoms with E-state index in [9.17, 15) is 4.79 Å². The molecule has 1 aromatic heterocycles. The molecule has 0 spiro atoms. The highest BCUT2D eigenvalue weighted by molar-refractivity contribution is 5.86. The van der Waals surface area contributed by atoms with Crippen molar-refractivity contribution in [2.45, 2.75) is 6.42 Å². The standard InChI is InChI=1S/C14H19N5O2/c1-19(14(16)17)8-13(20)21-10-2-3-12-11(6-10)9(4-5-15)7-18-12/h2-3,6-7,18H,4-5,8,15H2,1H3,(H3,16,17). The number of nitrogens with zero attached hydrogens (tertiary/aromatic N) is 1. The minimum Gasteiger partial charge on any atom is -0.425 e. The van der Waals surface area contributed by atoms with Crippen molar-refractivity contribution in [2.24, 2.45) is 11.5 Å². The van der Waals surface area contributed by atoms with Crippen molar-refractivity contribution in [3.8, 4) is 5.75 Å². The van der Waals surface area contributed by atoms with E-state index in [0.717, 1.165) is 22.9 Å². The van der Waals surface area contributed by atoms with Gasteiger partial charge in [0.2, 0.25) is 0 Å². The van der Waals surface area contributed by atoms with Crippen LogP contribution in [0.3, 0.4) is 0 Å². The molecule has 7 heteroatoms. The number of nitrogens with one attached hydrogen (secondary N) is 2. The molecule has 0 saturated heterocycles. The fourth-order valence-corrected chi connectivity index (χ4v) is 2.03. The van der Waals surface area contributed by atoms with Crippen molar-refractivity contribution < 1.29 is 9.53 Å². The Morgan fingerprint density at radius 2 is 2.24 bits per heavy atom. The molecule has 2 rings (SSSR count). The summed E-state index contributed by atoms with van der Waals surface area (Å²) in [5, 5.41) is 8.21. The van der Waals surface area contributed by atoms with E-state index < -0.39 is 5.97 Å². The van der Waals surface area contributed by atoms with Crippen LogP contribution in [-0.2, 0) is 11.2 Å². The summed E-state index contributed by atoms with van der Waals surface area (Å²) in [6.07, 6.45) is 2.66. The van der Waals surface area contributed by atoms with Crippen LogP contribution in [0, 0.1) is 5.41 Å². The molecular formula is C14H19N5O2. The van der Waals surface area contributed by atoms with Crippen LogP contribution >= 0.6 is 0 Å². The highest BCUT2D eigenvalue weighted by atomic mass is 16.5. The zero-order valence-corrected chi connectivity index (χ0v) is 11.8. The van der Waals surface area contributed by atoms with Crippen LogP contribution in [0.15, 0.2) is 24.4 Å². The number of esters is 1. The Morgan fingerprint density at radius 3 is 2.90 bits per heavy atom. The topological polar surface area (TPSA) is 121 Å². The van der Waals surface area contributed by atoms with Gasteiger partial charge in [-0.3, -0.25) is 5.41 Å². The number of likely N-dealkylation sites (N-methyl/N-ethyl adjacent to an activating group) is 1. The number of carbonyl (C=O) groups is 1. The average molecular weight is 289 g/mol. The summed E-state index contributed by atoms with van der Waals surface area (Å²) in [6.45, 7) is 0.483. The maximum absolute atomic E-state index is 11.8. The first-order valence-electron chi connectivity index (χ1n) is 6.57. The van der Waals surface area contributed by atoms with Gasteiger partial charge in [-0.15, -0.1) is 0 Å². The lowest BCUT2D eigenvalue weighted by molar-refractivity contribution is -0.134.